The molecule has 9 heteroatoms. The van der Waals surface area contributed by atoms with Crippen molar-refractivity contribution in [3.8, 4) is 6.07 Å². The number of carbonyl (C=O) groups excluding carboxylic acids is 4. The molecule has 0 spiro atoms. The highest BCUT2D eigenvalue weighted by molar-refractivity contribution is 6.08. The van der Waals surface area contributed by atoms with Gasteiger partial charge in [-0.1, -0.05) is 38.8 Å². The van der Waals surface area contributed by atoms with E-state index in [0.717, 1.165) is 4.90 Å². The molecule has 0 atom stereocenters. The molecule has 0 unspecified atom stereocenters. The fraction of sp³-hybridized carbons (Fsp3) is 0.450. The number of hydrogen-bond acceptors (Lipinski definition) is 6. The Hall–Kier alpha value is -3.41. The van der Waals surface area contributed by atoms with Crippen molar-refractivity contribution < 1.29 is 23.9 Å². The van der Waals surface area contributed by atoms with Crippen LogP contribution in [0.3, 0.4) is 0 Å². The maximum absolute atomic E-state index is 12.7. The fourth-order valence-corrected chi connectivity index (χ4v) is 3.33. The molecule has 0 radical (unpaired) electrons. The third-order valence-electron chi connectivity index (χ3n) is 4.57. The van der Waals surface area contributed by atoms with Crippen molar-refractivity contribution in [1.82, 2.24) is 10.2 Å². The van der Waals surface area contributed by atoms with E-state index in [4.69, 9.17) is 10.00 Å². The van der Waals surface area contributed by atoms with E-state index in [9.17, 15) is 19.2 Å². The van der Waals surface area contributed by atoms with Crippen LogP contribution in [0.5, 0.6) is 0 Å². The molecule has 4 amide bonds. The van der Waals surface area contributed by atoms with Gasteiger partial charge in [0.05, 0.1) is 11.3 Å². The van der Waals surface area contributed by atoms with Crippen molar-refractivity contribution in [2.45, 2.75) is 45.1 Å². The summed E-state index contributed by atoms with van der Waals surface area (Å²) in [4.78, 5) is 49.8. The van der Waals surface area contributed by atoms with Crippen LogP contribution in [0.25, 0.3) is 0 Å². The van der Waals surface area contributed by atoms with Crippen LogP contribution in [-0.4, -0.2) is 47.4 Å². The van der Waals surface area contributed by atoms with Gasteiger partial charge in [-0.2, -0.15) is 5.26 Å². The Morgan fingerprint density at radius 3 is 2.48 bits per heavy atom. The molecule has 0 bridgehead atoms. The first-order valence-electron chi connectivity index (χ1n) is 9.45. The molecule has 1 fully saturated rings. The Balaban J connectivity index is 1.92. The topological polar surface area (TPSA) is 129 Å². The van der Waals surface area contributed by atoms with Gasteiger partial charge >= 0.3 is 12.0 Å². The zero-order chi connectivity index (χ0) is 21.4. The van der Waals surface area contributed by atoms with E-state index in [1.165, 1.54) is 6.07 Å². The third-order valence-corrected chi connectivity index (χ3v) is 4.57. The zero-order valence-electron chi connectivity index (χ0n) is 16.5. The Morgan fingerprint density at radius 2 is 1.86 bits per heavy atom. The molecule has 9 nitrogen and oxygen atoms in total. The van der Waals surface area contributed by atoms with Gasteiger partial charge in [0.1, 0.15) is 18.2 Å². The Kier molecular flexibility index (Phi) is 7.31. The van der Waals surface area contributed by atoms with E-state index in [0.29, 0.717) is 31.4 Å². The number of nitrogens with one attached hydrogen (secondary N) is 2. The second-order valence-corrected chi connectivity index (χ2v) is 6.77. The van der Waals surface area contributed by atoms with Crippen molar-refractivity contribution in [2.75, 3.05) is 18.5 Å². The lowest BCUT2D eigenvalue weighted by Gasteiger charge is -2.25. The minimum atomic E-state index is -0.987. The smallest absolute Gasteiger partial charge is 0.326 e. The number of nitrogens with zero attached hydrogens (tertiary/aromatic N) is 2. The van der Waals surface area contributed by atoms with E-state index in [2.05, 4.69) is 10.6 Å². The predicted molar refractivity (Wildman–Crippen MR) is 104 cm³/mol. The Morgan fingerprint density at radius 1 is 1.21 bits per heavy atom. The number of para-hydroxylation sites is 1. The van der Waals surface area contributed by atoms with Crippen LogP contribution in [-0.2, 0) is 19.1 Å². The second kappa shape index (κ2) is 9.68. The molecule has 1 aliphatic rings. The summed E-state index contributed by atoms with van der Waals surface area (Å²) in [5.41, 5.74) is -0.414. The van der Waals surface area contributed by atoms with Gasteiger partial charge < -0.3 is 15.4 Å². The molecule has 29 heavy (non-hydrogen) atoms. The van der Waals surface area contributed by atoms with Crippen molar-refractivity contribution in [1.29, 1.82) is 5.26 Å². The van der Waals surface area contributed by atoms with E-state index in [1.54, 1.807) is 18.2 Å². The Labute approximate surface area is 169 Å². The molecule has 1 aromatic carbocycles. The number of anilines is 1. The van der Waals surface area contributed by atoms with Gasteiger partial charge in [-0.15, -0.1) is 0 Å². The Bertz CT molecular complexity index is 840. The first-order valence-corrected chi connectivity index (χ1v) is 9.45. The lowest BCUT2D eigenvalue weighted by molar-refractivity contribution is -0.150. The maximum atomic E-state index is 12.7. The average molecular weight is 400 g/mol. The summed E-state index contributed by atoms with van der Waals surface area (Å²) in [6.07, 6.45) is 2.37. The zero-order valence-corrected chi connectivity index (χ0v) is 16.5. The summed E-state index contributed by atoms with van der Waals surface area (Å²) in [6.45, 7) is 2.66. The molecular weight excluding hydrogens is 376 g/mol. The van der Waals surface area contributed by atoms with Gasteiger partial charge in [0.2, 0.25) is 0 Å². The van der Waals surface area contributed by atoms with Gasteiger partial charge in [0.15, 0.2) is 6.61 Å². The molecule has 1 saturated heterocycles. The van der Waals surface area contributed by atoms with E-state index in [-0.39, 0.29) is 5.56 Å². The fourth-order valence-electron chi connectivity index (χ4n) is 3.33. The first-order chi connectivity index (χ1) is 13.9. The van der Waals surface area contributed by atoms with Crippen LogP contribution in [0.1, 0.15) is 45.1 Å². The lowest BCUT2D eigenvalue weighted by Crippen LogP contribution is -2.47. The molecule has 1 aromatic rings. The summed E-state index contributed by atoms with van der Waals surface area (Å²) < 4.78 is 4.89. The number of nitriles is 1. The summed E-state index contributed by atoms with van der Waals surface area (Å²) in [5, 5.41) is 14.2. The van der Waals surface area contributed by atoms with Gasteiger partial charge in [-0.3, -0.25) is 19.3 Å². The molecule has 1 aliphatic heterocycles. The van der Waals surface area contributed by atoms with Crippen LogP contribution >= 0.6 is 0 Å². The minimum absolute atomic E-state index is 0.273. The van der Waals surface area contributed by atoms with E-state index < -0.39 is 42.5 Å². The van der Waals surface area contributed by atoms with Gasteiger partial charge in [-0.05, 0) is 25.0 Å². The monoisotopic (exact) mass is 400 g/mol. The molecule has 0 saturated carbocycles. The predicted octanol–water partition coefficient (Wildman–Crippen LogP) is 1.93. The quantitative estimate of drug-likeness (QED) is 0.481. The van der Waals surface area contributed by atoms with Crippen LogP contribution in [0.2, 0.25) is 0 Å². The molecular formula is C20H24N4O5. The van der Waals surface area contributed by atoms with Crippen molar-refractivity contribution >= 4 is 29.5 Å². The molecule has 154 valence electrons. The number of imide groups is 1. The number of amides is 4. The van der Waals surface area contributed by atoms with Crippen molar-refractivity contribution in [2.24, 2.45) is 0 Å². The number of esters is 1. The van der Waals surface area contributed by atoms with E-state index >= 15 is 0 Å². The van der Waals surface area contributed by atoms with Gasteiger partial charge in [-0.25, -0.2) is 4.79 Å². The van der Waals surface area contributed by atoms with E-state index in [1.807, 2.05) is 19.9 Å². The number of urea groups is 1. The lowest BCUT2D eigenvalue weighted by atomic mass is 9.88. The van der Waals surface area contributed by atoms with Crippen molar-refractivity contribution in [3.05, 3.63) is 29.8 Å². The minimum Gasteiger partial charge on any atom is -0.454 e. The first kappa shape index (κ1) is 21.9. The standard InChI is InChI=1S/C20H24N4O5/c1-3-9-20(10-4-2)18(27)24(19(28)23-20)12-17(26)29-13-16(25)22-15-8-6-5-7-14(15)11-21/h5-8H,3-4,9-10,12-13H2,1-2H3,(H,22,25)(H,23,28). The second-order valence-electron chi connectivity index (χ2n) is 6.77. The van der Waals surface area contributed by atoms with Crippen molar-refractivity contribution in [3.63, 3.8) is 0 Å². The number of carbonyl (C=O) groups is 4. The van der Waals surface area contributed by atoms with Crippen LogP contribution in [0.15, 0.2) is 24.3 Å². The number of rotatable bonds is 9. The number of benzene rings is 1. The molecule has 1 heterocycles. The maximum Gasteiger partial charge on any atom is 0.326 e. The largest absolute Gasteiger partial charge is 0.454 e. The highest BCUT2D eigenvalue weighted by Crippen LogP contribution is 2.27. The van der Waals surface area contributed by atoms with Gasteiger partial charge in [0.25, 0.3) is 11.8 Å². The van der Waals surface area contributed by atoms with Crippen LogP contribution in [0.4, 0.5) is 10.5 Å². The highest BCUT2D eigenvalue weighted by Gasteiger charge is 2.50. The van der Waals surface area contributed by atoms with Crippen LogP contribution < -0.4 is 10.6 Å². The molecule has 2 rings (SSSR count). The summed E-state index contributed by atoms with van der Waals surface area (Å²) >= 11 is 0. The van der Waals surface area contributed by atoms with Gasteiger partial charge in [0, 0.05) is 0 Å². The van der Waals surface area contributed by atoms with Crippen LogP contribution in [0, 0.1) is 11.3 Å². The summed E-state index contributed by atoms with van der Waals surface area (Å²) in [6, 6.07) is 7.70. The molecule has 2 N–H and O–H groups in total. The summed E-state index contributed by atoms with van der Waals surface area (Å²) in [5.74, 6) is -1.96. The average Bonchev–Trinajstić information content (AvgIpc) is 2.91. The highest BCUT2D eigenvalue weighted by atomic mass is 16.5. The number of ether oxygens (including phenoxy) is 1. The normalized spacial score (nSPS) is 14.9. The molecule has 0 aromatic heterocycles. The summed E-state index contributed by atoms with van der Waals surface area (Å²) in [7, 11) is 0. The third kappa shape index (κ3) is 5.10. The number of hydrogen-bond donors (Lipinski definition) is 2. The molecule has 0 aliphatic carbocycles. The SMILES string of the molecule is CCCC1(CCC)NC(=O)N(CC(=O)OCC(=O)Nc2ccccc2C#N)C1=O.